The van der Waals surface area contributed by atoms with E-state index in [0.717, 1.165) is 44.3 Å². The molecule has 6 rings (SSSR count). The van der Waals surface area contributed by atoms with E-state index in [0.29, 0.717) is 37.3 Å². The lowest BCUT2D eigenvalue weighted by Crippen LogP contribution is -2.34. The average Bonchev–Trinajstić information content (AvgIpc) is 3.73. The van der Waals surface area contributed by atoms with E-state index in [-0.39, 0.29) is 47.0 Å². The molecule has 12 nitrogen and oxygen atoms in total. The summed E-state index contributed by atoms with van der Waals surface area (Å²) in [5, 5.41) is 46.4. The highest BCUT2D eigenvalue weighted by Gasteiger charge is 2.25. The number of benzene rings is 4. The Morgan fingerprint density at radius 1 is 0.577 bits per heavy atom. The third kappa shape index (κ3) is 8.06. The molecule has 0 unspecified atom stereocenters. The second-order valence-corrected chi connectivity index (χ2v) is 15.2. The first-order valence-electron chi connectivity index (χ1n) is 17.6. The molecule has 6 aromatic rings. The summed E-state index contributed by atoms with van der Waals surface area (Å²) in [6.45, 7) is 12.7. The van der Waals surface area contributed by atoms with Crippen LogP contribution in [0.3, 0.4) is 0 Å². The molecule has 0 atom stereocenters. The standard InChI is InChI=1S/C40H46N8O4/c1-39(2,3)27-21-25(23-33(37(27)51)47-43-29-11-7-8-12-30(29)44-47)15-17-35(49)41-19-20-42-36(50)18-16-26-22-28(40(4,5)6)38(52)34(24-26)48-45-31-13-9-10-14-32(31)46-48/h7-14,21-24,51-52H,15-20H2,1-6H3,(H,41,49)(H,42,50). The van der Waals surface area contributed by atoms with Crippen LogP contribution in [0.2, 0.25) is 0 Å². The minimum Gasteiger partial charge on any atom is -0.505 e. The Bertz CT molecular complexity index is 2030. The maximum absolute atomic E-state index is 12.8. The van der Waals surface area contributed by atoms with Crippen LogP contribution in [0.15, 0.2) is 72.8 Å². The van der Waals surface area contributed by atoms with Crippen molar-refractivity contribution in [1.29, 1.82) is 0 Å². The van der Waals surface area contributed by atoms with Gasteiger partial charge in [0.05, 0.1) is 0 Å². The molecule has 0 spiro atoms. The van der Waals surface area contributed by atoms with Gasteiger partial charge in [-0.3, -0.25) is 9.59 Å². The molecule has 0 aliphatic rings. The Morgan fingerprint density at radius 2 is 0.904 bits per heavy atom. The highest BCUT2D eigenvalue weighted by Crippen LogP contribution is 2.38. The van der Waals surface area contributed by atoms with Crippen molar-refractivity contribution in [3.63, 3.8) is 0 Å². The van der Waals surface area contributed by atoms with E-state index in [1.54, 1.807) is 0 Å². The van der Waals surface area contributed by atoms with Crippen LogP contribution >= 0.6 is 0 Å². The van der Waals surface area contributed by atoms with Gasteiger partial charge in [0.15, 0.2) is 0 Å². The number of fused-ring (bicyclic) bond motifs is 2. The number of phenolic OH excluding ortho intramolecular Hbond substituents is 2. The summed E-state index contributed by atoms with van der Waals surface area (Å²) in [7, 11) is 0. The van der Waals surface area contributed by atoms with Crippen LogP contribution in [0.25, 0.3) is 33.4 Å². The average molecular weight is 703 g/mol. The van der Waals surface area contributed by atoms with E-state index in [9.17, 15) is 19.8 Å². The van der Waals surface area contributed by atoms with Gasteiger partial charge in [0.25, 0.3) is 0 Å². The minimum absolute atomic E-state index is 0.112. The normalized spacial score (nSPS) is 12.0. The molecule has 0 saturated heterocycles. The molecule has 12 heteroatoms. The number of aryl methyl sites for hydroxylation is 2. The molecule has 270 valence electrons. The zero-order valence-corrected chi connectivity index (χ0v) is 30.6. The summed E-state index contributed by atoms with van der Waals surface area (Å²) in [6, 6.07) is 22.6. The van der Waals surface area contributed by atoms with Crippen LogP contribution in [0.1, 0.15) is 76.6 Å². The number of hydrogen-bond donors (Lipinski definition) is 4. The lowest BCUT2D eigenvalue weighted by atomic mass is 9.84. The first-order valence-corrected chi connectivity index (χ1v) is 17.6. The van der Waals surface area contributed by atoms with Gasteiger partial charge < -0.3 is 20.8 Å². The van der Waals surface area contributed by atoms with Gasteiger partial charge in [-0.2, -0.15) is 0 Å². The van der Waals surface area contributed by atoms with E-state index >= 15 is 0 Å². The maximum Gasteiger partial charge on any atom is 0.220 e. The molecule has 0 saturated carbocycles. The van der Waals surface area contributed by atoms with Crippen LogP contribution in [-0.4, -0.2) is 65.1 Å². The predicted molar refractivity (Wildman–Crippen MR) is 201 cm³/mol. The van der Waals surface area contributed by atoms with E-state index in [2.05, 4.69) is 31.0 Å². The number of carbonyl (C=O) groups excluding carboxylic acids is 2. The maximum atomic E-state index is 12.8. The number of nitrogens with zero attached hydrogens (tertiary/aromatic N) is 6. The van der Waals surface area contributed by atoms with E-state index in [1.807, 2.05) is 114 Å². The smallest absolute Gasteiger partial charge is 0.220 e. The van der Waals surface area contributed by atoms with Gasteiger partial charge in [0.2, 0.25) is 11.8 Å². The van der Waals surface area contributed by atoms with Crippen LogP contribution < -0.4 is 10.6 Å². The van der Waals surface area contributed by atoms with Crippen molar-refractivity contribution in [3.8, 4) is 22.9 Å². The lowest BCUT2D eigenvalue weighted by molar-refractivity contribution is -0.122. The zero-order chi connectivity index (χ0) is 37.2. The van der Waals surface area contributed by atoms with Crippen molar-refractivity contribution in [1.82, 2.24) is 40.6 Å². The molecule has 52 heavy (non-hydrogen) atoms. The largest absolute Gasteiger partial charge is 0.505 e. The number of hydrogen-bond acceptors (Lipinski definition) is 8. The second kappa shape index (κ2) is 14.5. The van der Waals surface area contributed by atoms with Crippen molar-refractivity contribution >= 4 is 33.9 Å². The summed E-state index contributed by atoms with van der Waals surface area (Å²) in [5.74, 6) is -0.0626. The first-order chi connectivity index (χ1) is 24.7. The monoisotopic (exact) mass is 702 g/mol. The predicted octanol–water partition coefficient (Wildman–Crippen LogP) is 5.96. The van der Waals surface area contributed by atoms with Crippen molar-refractivity contribution in [2.75, 3.05) is 13.1 Å². The topological polar surface area (TPSA) is 160 Å². The zero-order valence-electron chi connectivity index (χ0n) is 30.6. The summed E-state index contributed by atoms with van der Waals surface area (Å²) < 4.78 is 0. The first kappa shape index (κ1) is 36.0. The fourth-order valence-electron chi connectivity index (χ4n) is 6.12. The van der Waals surface area contributed by atoms with Gasteiger partial charge in [-0.15, -0.1) is 30.0 Å². The fourth-order valence-corrected chi connectivity index (χ4v) is 6.12. The number of nitrogens with one attached hydrogen (secondary N) is 2. The Kier molecular flexibility index (Phi) is 10.0. The van der Waals surface area contributed by atoms with Crippen molar-refractivity contribution in [2.45, 2.75) is 78.1 Å². The van der Waals surface area contributed by atoms with Gasteiger partial charge in [-0.05, 0) is 71.2 Å². The van der Waals surface area contributed by atoms with Crippen LogP contribution in [0, 0.1) is 0 Å². The molecular formula is C40H46N8O4. The quantitative estimate of drug-likeness (QED) is 0.120. The van der Waals surface area contributed by atoms with E-state index in [1.165, 1.54) is 9.59 Å². The van der Waals surface area contributed by atoms with Crippen molar-refractivity contribution in [3.05, 3.63) is 95.1 Å². The Balaban J connectivity index is 1.03. The third-order valence-electron chi connectivity index (χ3n) is 8.97. The molecule has 4 N–H and O–H groups in total. The summed E-state index contributed by atoms with van der Waals surface area (Å²) in [4.78, 5) is 28.5. The number of phenols is 2. The molecule has 2 amide bonds. The van der Waals surface area contributed by atoms with Crippen LogP contribution in [0.5, 0.6) is 11.5 Å². The lowest BCUT2D eigenvalue weighted by Gasteiger charge is -2.23. The summed E-state index contributed by atoms with van der Waals surface area (Å²) in [5.41, 5.74) is 6.35. The van der Waals surface area contributed by atoms with Crippen molar-refractivity contribution < 1.29 is 19.8 Å². The van der Waals surface area contributed by atoms with E-state index in [4.69, 9.17) is 0 Å². The third-order valence-corrected chi connectivity index (χ3v) is 8.97. The summed E-state index contributed by atoms with van der Waals surface area (Å²) >= 11 is 0. The fraction of sp³-hybridized carbons (Fsp3) is 0.350. The second-order valence-electron chi connectivity index (χ2n) is 15.2. The Hall–Kier alpha value is -5.78. The Morgan fingerprint density at radius 3 is 1.21 bits per heavy atom. The molecule has 2 aromatic heterocycles. The Labute approximate surface area is 302 Å². The number of aromatic hydroxyl groups is 2. The van der Waals surface area contributed by atoms with Crippen LogP contribution in [0.4, 0.5) is 0 Å². The SMILES string of the molecule is CC(C)(C)c1cc(CCC(=O)NCCNC(=O)CCc2cc(-n3nc4ccccc4n3)c(O)c(C(C)(C)C)c2)cc(-n2nc3ccccc3n2)c1O. The number of rotatable bonds is 11. The van der Waals surface area contributed by atoms with Gasteiger partial charge in [-0.1, -0.05) is 77.9 Å². The molecule has 0 aliphatic carbocycles. The molecular weight excluding hydrogens is 656 g/mol. The molecule has 0 radical (unpaired) electrons. The van der Waals surface area contributed by atoms with Gasteiger partial charge in [-0.25, -0.2) is 0 Å². The number of carbonyl (C=O) groups is 2. The molecule has 4 aromatic carbocycles. The van der Waals surface area contributed by atoms with E-state index < -0.39 is 0 Å². The highest BCUT2D eigenvalue weighted by atomic mass is 16.3. The number of amides is 2. The van der Waals surface area contributed by atoms with Gasteiger partial charge in [0, 0.05) is 37.1 Å². The van der Waals surface area contributed by atoms with Gasteiger partial charge >= 0.3 is 0 Å². The highest BCUT2D eigenvalue weighted by molar-refractivity contribution is 5.78. The molecule has 2 heterocycles. The molecule has 0 aliphatic heterocycles. The minimum atomic E-state index is -0.354. The van der Waals surface area contributed by atoms with Gasteiger partial charge in [0.1, 0.15) is 44.9 Å². The molecule has 0 bridgehead atoms. The number of aromatic nitrogens is 6. The molecule has 0 fully saturated rings. The van der Waals surface area contributed by atoms with Crippen molar-refractivity contribution in [2.24, 2.45) is 0 Å². The summed E-state index contributed by atoms with van der Waals surface area (Å²) in [6.07, 6.45) is 1.36. The van der Waals surface area contributed by atoms with Crippen LogP contribution in [-0.2, 0) is 33.3 Å².